The third-order valence-electron chi connectivity index (χ3n) is 4.69. The summed E-state index contributed by atoms with van der Waals surface area (Å²) in [4.78, 5) is 0. The molecular weight excluding hydrogens is 435 g/mol. The van der Waals surface area contributed by atoms with Crippen molar-refractivity contribution in [1.29, 1.82) is 0 Å². The molecule has 0 spiro atoms. The van der Waals surface area contributed by atoms with Crippen LogP contribution in [0.25, 0.3) is 0 Å². The van der Waals surface area contributed by atoms with Gasteiger partial charge in [-0.1, -0.05) is 0 Å². The summed E-state index contributed by atoms with van der Waals surface area (Å²) in [7, 11) is -0.405. The van der Waals surface area contributed by atoms with Crippen LogP contribution >= 0.6 is 0 Å². The Morgan fingerprint density at radius 3 is 2.57 bits per heavy atom. The molecule has 105 valence electrons. The van der Waals surface area contributed by atoms with Crippen molar-refractivity contribution in [3.05, 3.63) is 67.7 Å². The first-order chi connectivity index (χ1) is 10.0. The van der Waals surface area contributed by atoms with Crippen molar-refractivity contribution in [2.75, 3.05) is 0 Å². The van der Waals surface area contributed by atoms with E-state index in [9.17, 15) is 0 Å². The summed E-state index contributed by atoms with van der Waals surface area (Å²) >= 11 is 1.13. The van der Waals surface area contributed by atoms with E-state index < -0.39 is 8.41 Å². The molecule has 0 nitrogen and oxygen atoms in total. The molecule has 3 aliphatic carbocycles. The number of rotatable bonds is 1. The van der Waals surface area contributed by atoms with Crippen LogP contribution in [-0.2, 0) is 24.4 Å². The summed E-state index contributed by atoms with van der Waals surface area (Å²) in [5, 5.41) is 1.66. The van der Waals surface area contributed by atoms with Gasteiger partial charge in [-0.2, -0.15) is 0 Å². The number of hydrogen-bond acceptors (Lipinski definition) is 0. The second-order valence-electron chi connectivity index (χ2n) is 6.23. The molecule has 1 atom stereocenters. The Balaban J connectivity index is 2.23. The van der Waals surface area contributed by atoms with Crippen molar-refractivity contribution in [2.45, 2.75) is 33.4 Å². The summed E-state index contributed by atoms with van der Waals surface area (Å²) in [6.07, 6.45) is 15.0. The molecule has 0 saturated carbocycles. The van der Waals surface area contributed by atoms with E-state index in [1.807, 2.05) is 0 Å². The maximum absolute atomic E-state index is 2.42. The molecule has 3 aliphatic rings. The standard InChI is InChI=1S/C19H21Si.Hf/c1-13-12-16-10-7-11-17(20(3)4)14(2)19(16)18(13)15-8-5-6-9-15;/h5-8,10-11,14H,9H2,1-4H3;. The van der Waals surface area contributed by atoms with Gasteiger partial charge in [-0.3, -0.25) is 0 Å². The first kappa shape index (κ1) is 15.3. The first-order valence-electron chi connectivity index (χ1n) is 7.62. The Morgan fingerprint density at radius 2 is 1.95 bits per heavy atom. The van der Waals surface area contributed by atoms with E-state index in [2.05, 4.69) is 63.4 Å². The molecule has 3 rings (SSSR count). The molecule has 1 unspecified atom stereocenters. The minimum atomic E-state index is -0.405. The SMILES string of the molecule is CC1=[C]([Hf])C2=CC=CC(=[Si](C)C)C(C)C2=C1C1=CC=CC1. The Morgan fingerprint density at radius 1 is 1.19 bits per heavy atom. The number of allylic oxidation sites excluding steroid dienone is 12. The van der Waals surface area contributed by atoms with Gasteiger partial charge in [0.2, 0.25) is 0 Å². The van der Waals surface area contributed by atoms with Crippen molar-refractivity contribution in [1.82, 2.24) is 0 Å². The Hall–Kier alpha value is -0.603. The van der Waals surface area contributed by atoms with Crippen LogP contribution in [0.4, 0.5) is 0 Å². The quantitative estimate of drug-likeness (QED) is 0.505. The van der Waals surface area contributed by atoms with Gasteiger partial charge < -0.3 is 0 Å². The van der Waals surface area contributed by atoms with Gasteiger partial charge in [-0.15, -0.1) is 0 Å². The summed E-state index contributed by atoms with van der Waals surface area (Å²) in [5.41, 5.74) is 7.77. The van der Waals surface area contributed by atoms with E-state index in [1.165, 1.54) is 11.1 Å². The van der Waals surface area contributed by atoms with Crippen LogP contribution in [0.3, 0.4) is 0 Å². The average Bonchev–Trinajstić information content (AvgIpc) is 2.99. The van der Waals surface area contributed by atoms with Crippen LogP contribution in [0.5, 0.6) is 0 Å². The van der Waals surface area contributed by atoms with E-state index >= 15 is 0 Å². The van der Waals surface area contributed by atoms with Gasteiger partial charge in [-0.05, 0) is 0 Å². The molecule has 0 aliphatic heterocycles. The molecule has 0 aromatic rings. The molecule has 0 saturated heterocycles. The fourth-order valence-corrected chi connectivity index (χ4v) is 6.29. The van der Waals surface area contributed by atoms with E-state index in [1.54, 1.807) is 25.2 Å². The Kier molecular flexibility index (Phi) is 4.29. The molecular formula is C19H21HfSi. The van der Waals surface area contributed by atoms with Gasteiger partial charge in [0.1, 0.15) is 0 Å². The normalized spacial score (nSPS) is 24.3. The predicted octanol–water partition coefficient (Wildman–Crippen LogP) is 4.64. The summed E-state index contributed by atoms with van der Waals surface area (Å²) < 4.78 is 1.60. The molecule has 0 aromatic carbocycles. The number of hydrogen-bond donors (Lipinski definition) is 0. The molecule has 0 aromatic heterocycles. The van der Waals surface area contributed by atoms with Crippen molar-refractivity contribution in [3.8, 4) is 0 Å². The zero-order valence-electron chi connectivity index (χ0n) is 13.2. The van der Waals surface area contributed by atoms with Crippen molar-refractivity contribution in [3.63, 3.8) is 0 Å². The minimum absolute atomic E-state index is 0.405. The Labute approximate surface area is 144 Å². The van der Waals surface area contributed by atoms with E-state index in [0.717, 1.165) is 30.8 Å². The Bertz CT molecular complexity index is 717. The number of fused-ring (bicyclic) bond motifs is 1. The fourth-order valence-electron chi connectivity index (χ4n) is 3.62. The molecule has 0 bridgehead atoms. The van der Waals surface area contributed by atoms with Gasteiger partial charge in [0.15, 0.2) is 0 Å². The monoisotopic (exact) mass is 457 g/mol. The topological polar surface area (TPSA) is 0 Å². The van der Waals surface area contributed by atoms with Gasteiger partial charge >= 0.3 is 145 Å². The van der Waals surface area contributed by atoms with Crippen LogP contribution in [0.1, 0.15) is 20.3 Å². The maximum atomic E-state index is 2.42. The van der Waals surface area contributed by atoms with Crippen LogP contribution in [0.15, 0.2) is 67.7 Å². The molecule has 21 heavy (non-hydrogen) atoms. The van der Waals surface area contributed by atoms with E-state index in [-0.39, 0.29) is 0 Å². The zero-order chi connectivity index (χ0) is 15.1. The van der Waals surface area contributed by atoms with Crippen molar-refractivity contribution in [2.24, 2.45) is 5.92 Å². The second kappa shape index (κ2) is 5.89. The summed E-state index contributed by atoms with van der Waals surface area (Å²) in [6.45, 7) is 9.58. The van der Waals surface area contributed by atoms with Gasteiger partial charge in [0.05, 0.1) is 0 Å². The van der Waals surface area contributed by atoms with Gasteiger partial charge in [0, 0.05) is 0 Å². The summed E-state index contributed by atoms with van der Waals surface area (Å²) in [6, 6.07) is 0. The second-order valence-corrected chi connectivity index (χ2v) is 10.6. The zero-order valence-corrected chi connectivity index (χ0v) is 17.8. The predicted molar refractivity (Wildman–Crippen MR) is 90.4 cm³/mol. The van der Waals surface area contributed by atoms with Crippen molar-refractivity contribution >= 4 is 13.6 Å². The summed E-state index contributed by atoms with van der Waals surface area (Å²) in [5.74, 6) is 0.566. The molecule has 0 amide bonds. The van der Waals surface area contributed by atoms with E-state index in [4.69, 9.17) is 0 Å². The molecule has 0 radical (unpaired) electrons. The third kappa shape index (κ3) is 2.51. The van der Waals surface area contributed by atoms with Crippen LogP contribution in [0, 0.1) is 5.92 Å². The fraction of sp³-hybridized carbons (Fsp3) is 0.316. The van der Waals surface area contributed by atoms with Crippen LogP contribution in [-0.4, -0.2) is 13.6 Å². The van der Waals surface area contributed by atoms with Crippen LogP contribution < -0.4 is 0 Å². The molecule has 0 fully saturated rings. The molecule has 0 N–H and O–H groups in total. The third-order valence-corrected chi connectivity index (χ3v) is 8.76. The van der Waals surface area contributed by atoms with E-state index in [0.29, 0.717) is 5.92 Å². The molecule has 0 heterocycles. The average molecular weight is 456 g/mol. The van der Waals surface area contributed by atoms with Gasteiger partial charge in [-0.25, -0.2) is 0 Å². The van der Waals surface area contributed by atoms with Gasteiger partial charge in [0.25, 0.3) is 0 Å². The molecule has 2 heteroatoms. The van der Waals surface area contributed by atoms with Crippen molar-refractivity contribution < 1.29 is 24.4 Å². The van der Waals surface area contributed by atoms with Crippen LogP contribution in [0.2, 0.25) is 13.1 Å². The first-order valence-corrected chi connectivity index (χ1v) is 11.9.